The van der Waals surface area contributed by atoms with E-state index >= 15 is 0 Å². The number of hydrogen-bond acceptors (Lipinski definition) is 2. The van der Waals surface area contributed by atoms with Gasteiger partial charge in [0, 0.05) is 12.6 Å². The van der Waals surface area contributed by atoms with E-state index in [2.05, 4.69) is 4.98 Å². The standard InChI is InChI=1S/C11H10N2O/c1-9(14)11-7-12-8-13(11)10-5-3-2-4-6-10/h2-8H,1H3. The van der Waals surface area contributed by atoms with Crippen molar-refractivity contribution in [2.24, 2.45) is 0 Å². The Bertz CT molecular complexity index is 445. The molecule has 0 amide bonds. The zero-order valence-electron chi connectivity index (χ0n) is 7.84. The highest BCUT2D eigenvalue weighted by molar-refractivity contribution is 5.92. The van der Waals surface area contributed by atoms with Crippen LogP contribution in [0, 0.1) is 0 Å². The molecule has 14 heavy (non-hydrogen) atoms. The lowest BCUT2D eigenvalue weighted by Crippen LogP contribution is -2.02. The predicted molar refractivity (Wildman–Crippen MR) is 53.6 cm³/mol. The van der Waals surface area contributed by atoms with Gasteiger partial charge in [0.25, 0.3) is 0 Å². The Hall–Kier alpha value is -1.90. The van der Waals surface area contributed by atoms with Gasteiger partial charge in [-0.25, -0.2) is 4.98 Å². The smallest absolute Gasteiger partial charge is 0.178 e. The van der Waals surface area contributed by atoms with E-state index < -0.39 is 0 Å². The van der Waals surface area contributed by atoms with E-state index in [1.54, 1.807) is 17.1 Å². The van der Waals surface area contributed by atoms with Crippen molar-refractivity contribution in [1.29, 1.82) is 0 Å². The summed E-state index contributed by atoms with van der Waals surface area (Å²) in [6.45, 7) is 1.54. The molecule has 0 radical (unpaired) electrons. The lowest BCUT2D eigenvalue weighted by Gasteiger charge is -2.04. The Morgan fingerprint density at radius 3 is 2.64 bits per heavy atom. The fourth-order valence-corrected chi connectivity index (χ4v) is 1.35. The molecule has 3 heteroatoms. The number of nitrogens with zero attached hydrogens (tertiary/aromatic N) is 2. The quantitative estimate of drug-likeness (QED) is 0.673. The highest BCUT2D eigenvalue weighted by Gasteiger charge is 2.07. The van der Waals surface area contributed by atoms with Crippen LogP contribution in [0.2, 0.25) is 0 Å². The van der Waals surface area contributed by atoms with Gasteiger partial charge in [-0.05, 0) is 12.1 Å². The molecule has 70 valence electrons. The summed E-state index contributed by atoms with van der Waals surface area (Å²) in [5.41, 5.74) is 1.56. The van der Waals surface area contributed by atoms with Gasteiger partial charge in [0.1, 0.15) is 5.69 Å². The van der Waals surface area contributed by atoms with Crippen LogP contribution in [0.4, 0.5) is 0 Å². The maximum Gasteiger partial charge on any atom is 0.178 e. The molecular formula is C11H10N2O. The molecule has 2 rings (SSSR count). The number of carbonyl (C=O) groups excluding carboxylic acids is 1. The van der Waals surface area contributed by atoms with Gasteiger partial charge in [0.05, 0.1) is 12.5 Å². The van der Waals surface area contributed by atoms with Gasteiger partial charge in [0.2, 0.25) is 0 Å². The van der Waals surface area contributed by atoms with E-state index in [1.165, 1.54) is 6.92 Å². The maximum absolute atomic E-state index is 11.2. The van der Waals surface area contributed by atoms with Crippen LogP contribution in [-0.4, -0.2) is 15.3 Å². The summed E-state index contributed by atoms with van der Waals surface area (Å²) in [7, 11) is 0. The summed E-state index contributed by atoms with van der Waals surface area (Å²) >= 11 is 0. The predicted octanol–water partition coefficient (Wildman–Crippen LogP) is 2.07. The summed E-state index contributed by atoms with van der Waals surface area (Å²) < 4.78 is 1.78. The highest BCUT2D eigenvalue weighted by Crippen LogP contribution is 2.10. The summed E-state index contributed by atoms with van der Waals surface area (Å²) in [6, 6.07) is 9.68. The van der Waals surface area contributed by atoms with Gasteiger partial charge in [-0.2, -0.15) is 0 Å². The molecule has 0 aliphatic heterocycles. The first-order valence-corrected chi connectivity index (χ1v) is 4.38. The molecule has 0 atom stereocenters. The van der Waals surface area contributed by atoms with Crippen LogP contribution in [0.3, 0.4) is 0 Å². The van der Waals surface area contributed by atoms with E-state index in [4.69, 9.17) is 0 Å². The third-order valence-electron chi connectivity index (χ3n) is 2.03. The molecule has 1 aromatic heterocycles. The third-order valence-corrected chi connectivity index (χ3v) is 2.03. The van der Waals surface area contributed by atoms with E-state index in [0.29, 0.717) is 5.69 Å². The van der Waals surface area contributed by atoms with E-state index in [-0.39, 0.29) is 5.78 Å². The summed E-state index contributed by atoms with van der Waals surface area (Å²) in [4.78, 5) is 15.2. The number of benzene rings is 1. The summed E-state index contributed by atoms with van der Waals surface area (Å²) in [5.74, 6) is 0.0198. The lowest BCUT2D eigenvalue weighted by molar-refractivity contribution is 0.101. The molecule has 1 heterocycles. The van der Waals surface area contributed by atoms with Gasteiger partial charge in [-0.15, -0.1) is 0 Å². The first-order chi connectivity index (χ1) is 6.79. The minimum atomic E-state index is 0.0198. The largest absolute Gasteiger partial charge is 0.296 e. The van der Waals surface area contributed by atoms with E-state index in [1.807, 2.05) is 30.3 Å². The fraction of sp³-hybridized carbons (Fsp3) is 0.0909. The first-order valence-electron chi connectivity index (χ1n) is 4.38. The molecule has 0 spiro atoms. The third kappa shape index (κ3) is 1.44. The van der Waals surface area contributed by atoms with Gasteiger partial charge in [-0.3, -0.25) is 9.36 Å². The number of ketones is 1. The molecule has 0 saturated heterocycles. The number of Topliss-reactive ketones (excluding diaryl/α,β-unsaturated/α-hetero) is 1. The molecule has 0 aliphatic rings. The number of rotatable bonds is 2. The zero-order valence-corrected chi connectivity index (χ0v) is 7.84. The number of imidazole rings is 1. The molecule has 0 N–H and O–H groups in total. The van der Waals surface area contributed by atoms with Crippen LogP contribution >= 0.6 is 0 Å². The van der Waals surface area contributed by atoms with Gasteiger partial charge < -0.3 is 0 Å². The number of hydrogen-bond donors (Lipinski definition) is 0. The average molecular weight is 186 g/mol. The first kappa shape index (κ1) is 8.69. The Balaban J connectivity index is 2.52. The minimum Gasteiger partial charge on any atom is -0.296 e. The van der Waals surface area contributed by atoms with Crippen LogP contribution in [0.15, 0.2) is 42.9 Å². The Morgan fingerprint density at radius 2 is 2.00 bits per heavy atom. The van der Waals surface area contributed by atoms with E-state index in [9.17, 15) is 4.79 Å². The molecule has 0 fully saturated rings. The SMILES string of the molecule is CC(=O)c1cncn1-c1ccccc1. The van der Waals surface area contributed by atoms with Crippen molar-refractivity contribution in [3.63, 3.8) is 0 Å². The molecular weight excluding hydrogens is 176 g/mol. The Kier molecular flexibility index (Phi) is 2.14. The van der Waals surface area contributed by atoms with Crippen molar-refractivity contribution >= 4 is 5.78 Å². The monoisotopic (exact) mass is 186 g/mol. The zero-order chi connectivity index (χ0) is 9.97. The van der Waals surface area contributed by atoms with Crippen LogP contribution < -0.4 is 0 Å². The average Bonchev–Trinajstić information content (AvgIpc) is 2.67. The number of para-hydroxylation sites is 1. The van der Waals surface area contributed by atoms with Crippen molar-refractivity contribution in [1.82, 2.24) is 9.55 Å². The summed E-state index contributed by atoms with van der Waals surface area (Å²) in [6.07, 6.45) is 3.22. The van der Waals surface area contributed by atoms with Crippen LogP contribution in [0.25, 0.3) is 5.69 Å². The van der Waals surface area contributed by atoms with Crippen LogP contribution in [0.5, 0.6) is 0 Å². The van der Waals surface area contributed by atoms with E-state index in [0.717, 1.165) is 5.69 Å². The van der Waals surface area contributed by atoms with Crippen molar-refractivity contribution < 1.29 is 4.79 Å². The van der Waals surface area contributed by atoms with Crippen molar-refractivity contribution in [2.75, 3.05) is 0 Å². The van der Waals surface area contributed by atoms with Crippen molar-refractivity contribution in [3.8, 4) is 5.69 Å². The topological polar surface area (TPSA) is 34.9 Å². The van der Waals surface area contributed by atoms with Crippen molar-refractivity contribution in [2.45, 2.75) is 6.92 Å². The maximum atomic E-state index is 11.2. The summed E-state index contributed by atoms with van der Waals surface area (Å²) in [5, 5.41) is 0. The van der Waals surface area contributed by atoms with Crippen LogP contribution in [0.1, 0.15) is 17.4 Å². The minimum absolute atomic E-state index is 0.0198. The molecule has 1 aromatic carbocycles. The number of carbonyl (C=O) groups is 1. The molecule has 3 nitrogen and oxygen atoms in total. The Labute approximate surface area is 82.0 Å². The normalized spacial score (nSPS) is 10.1. The second-order valence-electron chi connectivity index (χ2n) is 3.04. The Morgan fingerprint density at radius 1 is 1.29 bits per heavy atom. The number of aromatic nitrogens is 2. The molecule has 0 bridgehead atoms. The van der Waals surface area contributed by atoms with Crippen molar-refractivity contribution in [3.05, 3.63) is 48.5 Å². The molecule has 0 aliphatic carbocycles. The lowest BCUT2D eigenvalue weighted by atomic mass is 10.3. The fourth-order valence-electron chi connectivity index (χ4n) is 1.35. The molecule has 0 saturated carbocycles. The molecule has 2 aromatic rings. The van der Waals surface area contributed by atoms with Gasteiger partial charge >= 0.3 is 0 Å². The molecule has 0 unspecified atom stereocenters. The second-order valence-corrected chi connectivity index (χ2v) is 3.04. The second kappa shape index (κ2) is 3.46. The highest BCUT2D eigenvalue weighted by atomic mass is 16.1. The van der Waals surface area contributed by atoms with Gasteiger partial charge in [-0.1, -0.05) is 18.2 Å². The van der Waals surface area contributed by atoms with Crippen LogP contribution in [-0.2, 0) is 0 Å². The van der Waals surface area contributed by atoms with Gasteiger partial charge in [0.15, 0.2) is 5.78 Å².